The van der Waals surface area contributed by atoms with Crippen molar-refractivity contribution in [1.82, 2.24) is 10.6 Å². The van der Waals surface area contributed by atoms with Crippen LogP contribution in [0.2, 0.25) is 0 Å². The number of fused-ring (bicyclic) bond motifs is 3. The maximum atomic E-state index is 12.9. The van der Waals surface area contributed by atoms with Crippen molar-refractivity contribution in [2.75, 3.05) is 13.2 Å². The quantitative estimate of drug-likeness (QED) is 0.485. The Labute approximate surface area is 206 Å². The first-order valence-corrected chi connectivity index (χ1v) is 12.4. The number of aliphatic carboxylic acids is 1. The van der Waals surface area contributed by atoms with Gasteiger partial charge in [-0.05, 0) is 61.3 Å². The van der Waals surface area contributed by atoms with Crippen molar-refractivity contribution in [2.45, 2.75) is 57.4 Å². The molecule has 1 saturated carbocycles. The highest BCUT2D eigenvalue weighted by Gasteiger charge is 2.36. The Kier molecular flexibility index (Phi) is 7.43. The maximum Gasteiger partial charge on any atom is 0.407 e. The molecule has 7 heteroatoms. The van der Waals surface area contributed by atoms with E-state index in [1.54, 1.807) is 0 Å². The lowest BCUT2D eigenvalue weighted by atomic mass is 9.92. The van der Waals surface area contributed by atoms with Gasteiger partial charge in [-0.1, -0.05) is 55.0 Å². The normalized spacial score (nSPS) is 19.0. The molecule has 0 heterocycles. The van der Waals surface area contributed by atoms with Crippen molar-refractivity contribution in [1.29, 1.82) is 0 Å². The molecular weight excluding hydrogens is 444 g/mol. The van der Waals surface area contributed by atoms with Gasteiger partial charge in [0, 0.05) is 30.3 Å². The number of benzene rings is 2. The summed E-state index contributed by atoms with van der Waals surface area (Å²) in [6.07, 6.45) is 2.44. The smallest absolute Gasteiger partial charge is 0.407 e. The van der Waals surface area contributed by atoms with Crippen LogP contribution in [0.4, 0.5) is 4.79 Å². The molecule has 0 bridgehead atoms. The van der Waals surface area contributed by atoms with Crippen LogP contribution in [0.1, 0.15) is 63.0 Å². The minimum absolute atomic E-state index is 0.00468. The summed E-state index contributed by atoms with van der Waals surface area (Å²) in [5, 5.41) is 14.8. The Morgan fingerprint density at radius 1 is 1.00 bits per heavy atom. The van der Waals surface area contributed by atoms with Gasteiger partial charge in [-0.3, -0.25) is 9.59 Å². The van der Waals surface area contributed by atoms with E-state index < -0.39 is 17.6 Å². The van der Waals surface area contributed by atoms with Crippen LogP contribution in [-0.2, 0) is 14.3 Å². The number of nitrogens with one attached hydrogen (secondary N) is 2. The lowest BCUT2D eigenvalue weighted by molar-refractivity contribution is -0.138. The van der Waals surface area contributed by atoms with E-state index in [4.69, 9.17) is 9.84 Å². The van der Waals surface area contributed by atoms with E-state index in [9.17, 15) is 14.4 Å². The van der Waals surface area contributed by atoms with E-state index in [0.717, 1.165) is 19.3 Å². The van der Waals surface area contributed by atoms with Crippen molar-refractivity contribution in [2.24, 2.45) is 11.8 Å². The zero-order valence-corrected chi connectivity index (χ0v) is 20.4. The van der Waals surface area contributed by atoms with E-state index in [2.05, 4.69) is 34.9 Å². The van der Waals surface area contributed by atoms with Gasteiger partial charge < -0.3 is 20.5 Å². The van der Waals surface area contributed by atoms with Crippen LogP contribution in [0.5, 0.6) is 0 Å². The first kappa shape index (κ1) is 24.8. The molecule has 0 saturated heterocycles. The molecule has 2 aromatic carbocycles. The molecule has 0 spiro atoms. The fourth-order valence-electron chi connectivity index (χ4n) is 5.40. The third-order valence-electron chi connectivity index (χ3n) is 7.27. The molecule has 0 radical (unpaired) electrons. The number of carbonyl (C=O) groups is 3. The number of carboxylic acid groups (broad SMARTS) is 1. The second-order valence-electron chi connectivity index (χ2n) is 10.3. The van der Waals surface area contributed by atoms with Crippen molar-refractivity contribution in [3.05, 3.63) is 59.7 Å². The number of carboxylic acids is 1. The average molecular weight is 479 g/mol. The molecule has 0 aromatic heterocycles. The molecule has 2 amide bonds. The minimum Gasteiger partial charge on any atom is -0.481 e. The predicted octanol–water partition coefficient (Wildman–Crippen LogP) is 4.70. The number of hydrogen-bond donors (Lipinski definition) is 3. The SMILES string of the molecule is CC(C)(CCC(=O)O)NC(=O)[C@@H]1CCC[C@@H]1CNC(=O)OCC1c2ccccc2-c2ccccc21. The lowest BCUT2D eigenvalue weighted by Crippen LogP contribution is -2.48. The number of carbonyl (C=O) groups excluding carboxylic acids is 2. The van der Waals surface area contributed by atoms with Crippen LogP contribution in [0, 0.1) is 11.8 Å². The van der Waals surface area contributed by atoms with E-state index >= 15 is 0 Å². The minimum atomic E-state index is -0.877. The fourth-order valence-corrected chi connectivity index (χ4v) is 5.40. The Balaban J connectivity index is 1.29. The summed E-state index contributed by atoms with van der Waals surface area (Å²) in [6, 6.07) is 16.4. The van der Waals surface area contributed by atoms with E-state index in [0.29, 0.717) is 13.0 Å². The summed E-state index contributed by atoms with van der Waals surface area (Å²) in [7, 11) is 0. The Bertz CT molecular complexity index is 1050. The van der Waals surface area contributed by atoms with Gasteiger partial charge in [-0.25, -0.2) is 4.79 Å². The van der Waals surface area contributed by atoms with E-state index in [1.165, 1.54) is 22.3 Å². The van der Waals surface area contributed by atoms with Gasteiger partial charge in [0.1, 0.15) is 6.61 Å². The summed E-state index contributed by atoms with van der Waals surface area (Å²) >= 11 is 0. The van der Waals surface area contributed by atoms with Crippen molar-refractivity contribution < 1.29 is 24.2 Å². The molecular formula is C28H34N2O5. The molecule has 2 atom stereocenters. The second-order valence-corrected chi connectivity index (χ2v) is 10.3. The van der Waals surface area contributed by atoms with Crippen LogP contribution in [0.3, 0.4) is 0 Å². The molecule has 4 rings (SSSR count). The van der Waals surface area contributed by atoms with Crippen molar-refractivity contribution in [3.8, 4) is 11.1 Å². The first-order chi connectivity index (χ1) is 16.7. The van der Waals surface area contributed by atoms with Crippen molar-refractivity contribution >= 4 is 18.0 Å². The Morgan fingerprint density at radius 2 is 1.63 bits per heavy atom. The molecule has 2 aliphatic carbocycles. The monoisotopic (exact) mass is 478 g/mol. The van der Waals surface area contributed by atoms with Gasteiger partial charge in [0.2, 0.25) is 5.91 Å². The summed E-state index contributed by atoms with van der Waals surface area (Å²) < 4.78 is 5.62. The number of amides is 2. The number of alkyl carbamates (subject to hydrolysis) is 1. The molecule has 0 unspecified atom stereocenters. The summed E-state index contributed by atoms with van der Waals surface area (Å²) in [5.74, 6) is -1.11. The lowest BCUT2D eigenvalue weighted by Gasteiger charge is -2.29. The molecule has 35 heavy (non-hydrogen) atoms. The van der Waals surface area contributed by atoms with Crippen molar-refractivity contribution in [3.63, 3.8) is 0 Å². The summed E-state index contributed by atoms with van der Waals surface area (Å²) in [5.41, 5.74) is 4.11. The molecule has 2 aromatic rings. The Hall–Kier alpha value is -3.35. The third-order valence-corrected chi connectivity index (χ3v) is 7.27. The third kappa shape index (κ3) is 5.84. The van der Waals surface area contributed by atoms with Crippen LogP contribution >= 0.6 is 0 Å². The number of rotatable bonds is 9. The highest BCUT2D eigenvalue weighted by molar-refractivity contribution is 5.80. The van der Waals surface area contributed by atoms with Gasteiger partial charge in [0.15, 0.2) is 0 Å². The molecule has 2 aliphatic rings. The summed E-state index contributed by atoms with van der Waals surface area (Å²) in [6.45, 7) is 4.32. The summed E-state index contributed by atoms with van der Waals surface area (Å²) in [4.78, 5) is 36.3. The molecule has 7 nitrogen and oxygen atoms in total. The van der Waals surface area contributed by atoms with Gasteiger partial charge in [-0.2, -0.15) is 0 Å². The van der Waals surface area contributed by atoms with Crippen LogP contribution in [0.25, 0.3) is 11.1 Å². The van der Waals surface area contributed by atoms with Gasteiger partial charge in [0.05, 0.1) is 0 Å². The first-order valence-electron chi connectivity index (χ1n) is 12.4. The van der Waals surface area contributed by atoms with E-state index in [1.807, 2.05) is 38.1 Å². The number of hydrogen-bond acceptors (Lipinski definition) is 4. The van der Waals surface area contributed by atoms with Crippen LogP contribution in [0.15, 0.2) is 48.5 Å². The highest BCUT2D eigenvalue weighted by Crippen LogP contribution is 2.44. The topological polar surface area (TPSA) is 105 Å². The highest BCUT2D eigenvalue weighted by atomic mass is 16.5. The van der Waals surface area contributed by atoms with Crippen LogP contribution < -0.4 is 10.6 Å². The Morgan fingerprint density at radius 3 is 2.26 bits per heavy atom. The second kappa shape index (κ2) is 10.5. The number of ether oxygens (including phenoxy) is 1. The zero-order chi connectivity index (χ0) is 25.0. The average Bonchev–Trinajstić information content (AvgIpc) is 3.43. The predicted molar refractivity (Wildman–Crippen MR) is 133 cm³/mol. The molecule has 0 aliphatic heterocycles. The van der Waals surface area contributed by atoms with Gasteiger partial charge >= 0.3 is 12.1 Å². The zero-order valence-electron chi connectivity index (χ0n) is 20.4. The van der Waals surface area contributed by atoms with E-state index in [-0.39, 0.29) is 36.7 Å². The molecule has 186 valence electrons. The molecule has 3 N–H and O–H groups in total. The van der Waals surface area contributed by atoms with Gasteiger partial charge in [0.25, 0.3) is 0 Å². The standard InChI is InChI=1S/C28H34N2O5/c1-28(2,15-14-25(31)32)30-26(33)19-13-7-8-18(19)16-29-27(34)35-17-24-22-11-5-3-9-20(22)21-10-4-6-12-23(21)24/h3-6,9-12,18-19,24H,7-8,13-17H2,1-2H3,(H,29,34)(H,30,33)(H,31,32)/t18-,19-/m1/s1. The van der Waals surface area contributed by atoms with Crippen LogP contribution in [-0.4, -0.2) is 41.8 Å². The van der Waals surface area contributed by atoms with Gasteiger partial charge in [-0.15, -0.1) is 0 Å². The maximum absolute atomic E-state index is 12.9. The molecule has 1 fully saturated rings. The fraction of sp³-hybridized carbons (Fsp3) is 0.464. The largest absolute Gasteiger partial charge is 0.481 e.